The number of halogens is 1. The first-order valence-electron chi connectivity index (χ1n) is 9.39. The third-order valence-corrected chi connectivity index (χ3v) is 5.46. The van der Waals surface area contributed by atoms with E-state index in [2.05, 4.69) is 4.98 Å². The summed E-state index contributed by atoms with van der Waals surface area (Å²) in [5.41, 5.74) is 3.67. The number of ether oxygens (including phenoxy) is 1. The Balaban J connectivity index is 1.89. The number of aromatic amines is 1. The number of methoxy groups -OCH3 is 1. The Morgan fingerprint density at radius 2 is 1.60 bits per heavy atom. The average molecular weight is 421 g/mol. The zero-order valence-electron chi connectivity index (χ0n) is 16.9. The molecule has 1 heterocycles. The van der Waals surface area contributed by atoms with Crippen LogP contribution >= 0.6 is 11.6 Å². The van der Waals surface area contributed by atoms with E-state index in [1.54, 1.807) is 43.5 Å². The zero-order chi connectivity index (χ0) is 21.4. The SMILES string of the molecule is COc1ccc(-c2c(O)c3cc(-c4ccc(N(C)C)cc4)c(Cl)cc3[nH]c2=O)cc1. The van der Waals surface area contributed by atoms with Crippen LogP contribution in [0, 0.1) is 0 Å². The quantitative estimate of drug-likeness (QED) is 0.470. The number of benzene rings is 3. The van der Waals surface area contributed by atoms with Crippen molar-refractivity contribution < 1.29 is 9.84 Å². The molecule has 0 spiro atoms. The number of anilines is 1. The van der Waals surface area contributed by atoms with Crippen molar-refractivity contribution in [2.45, 2.75) is 0 Å². The van der Waals surface area contributed by atoms with E-state index in [-0.39, 0.29) is 16.9 Å². The topological polar surface area (TPSA) is 65.6 Å². The number of fused-ring (bicyclic) bond motifs is 1. The zero-order valence-corrected chi connectivity index (χ0v) is 17.6. The van der Waals surface area contributed by atoms with Crippen LogP contribution in [-0.2, 0) is 0 Å². The van der Waals surface area contributed by atoms with Crippen molar-refractivity contribution >= 4 is 28.2 Å². The van der Waals surface area contributed by atoms with Crippen LogP contribution in [0.3, 0.4) is 0 Å². The number of rotatable bonds is 4. The number of nitrogens with zero attached hydrogens (tertiary/aromatic N) is 1. The van der Waals surface area contributed by atoms with Crippen molar-refractivity contribution in [3.63, 3.8) is 0 Å². The Morgan fingerprint density at radius 1 is 0.967 bits per heavy atom. The molecular formula is C24H21ClN2O3. The predicted octanol–water partition coefficient (Wildman–Crippen LogP) is 5.30. The minimum absolute atomic E-state index is 0.0817. The molecule has 0 bridgehead atoms. The van der Waals surface area contributed by atoms with Crippen LogP contribution in [0.2, 0.25) is 5.02 Å². The largest absolute Gasteiger partial charge is 0.506 e. The lowest BCUT2D eigenvalue weighted by Gasteiger charge is -2.14. The smallest absolute Gasteiger partial charge is 0.260 e. The normalized spacial score (nSPS) is 10.9. The van der Waals surface area contributed by atoms with Crippen LogP contribution in [-0.4, -0.2) is 31.3 Å². The van der Waals surface area contributed by atoms with Crippen LogP contribution in [0.5, 0.6) is 11.5 Å². The molecule has 0 saturated carbocycles. The average Bonchev–Trinajstić information content (AvgIpc) is 2.74. The fourth-order valence-corrected chi connectivity index (χ4v) is 3.76. The van der Waals surface area contributed by atoms with Crippen molar-refractivity contribution in [1.82, 2.24) is 4.98 Å². The van der Waals surface area contributed by atoms with Crippen molar-refractivity contribution in [2.75, 3.05) is 26.1 Å². The highest BCUT2D eigenvalue weighted by molar-refractivity contribution is 6.34. The minimum atomic E-state index is -0.385. The van der Waals surface area contributed by atoms with Gasteiger partial charge in [0.05, 0.1) is 23.2 Å². The summed E-state index contributed by atoms with van der Waals surface area (Å²) in [7, 11) is 5.53. The number of aromatic hydroxyl groups is 1. The molecule has 0 amide bonds. The Kier molecular flexibility index (Phi) is 5.14. The molecule has 4 rings (SSSR count). The van der Waals surface area contributed by atoms with E-state index in [9.17, 15) is 9.90 Å². The van der Waals surface area contributed by atoms with E-state index < -0.39 is 0 Å². The first-order valence-corrected chi connectivity index (χ1v) is 9.77. The number of hydrogen-bond donors (Lipinski definition) is 2. The van der Waals surface area contributed by atoms with Gasteiger partial charge in [0.2, 0.25) is 0 Å². The lowest BCUT2D eigenvalue weighted by atomic mass is 9.99. The van der Waals surface area contributed by atoms with Crippen molar-refractivity contribution in [1.29, 1.82) is 0 Å². The van der Waals surface area contributed by atoms with Crippen LogP contribution in [0.1, 0.15) is 0 Å². The molecule has 0 unspecified atom stereocenters. The van der Waals surface area contributed by atoms with Gasteiger partial charge in [-0.15, -0.1) is 0 Å². The van der Waals surface area contributed by atoms with Crippen LogP contribution in [0.25, 0.3) is 33.2 Å². The fourth-order valence-electron chi connectivity index (χ4n) is 3.49. The lowest BCUT2D eigenvalue weighted by molar-refractivity contribution is 0.415. The minimum Gasteiger partial charge on any atom is -0.506 e. The maximum absolute atomic E-state index is 12.7. The van der Waals surface area contributed by atoms with E-state index in [1.165, 1.54) is 0 Å². The number of nitrogens with one attached hydrogen (secondary N) is 1. The highest BCUT2D eigenvalue weighted by Gasteiger charge is 2.16. The molecule has 0 saturated heterocycles. The van der Waals surface area contributed by atoms with Gasteiger partial charge in [-0.1, -0.05) is 35.9 Å². The summed E-state index contributed by atoms with van der Waals surface area (Å²) in [5.74, 6) is 0.590. The summed E-state index contributed by atoms with van der Waals surface area (Å²) >= 11 is 6.51. The second kappa shape index (κ2) is 7.76. The number of aromatic nitrogens is 1. The van der Waals surface area contributed by atoms with E-state index in [0.717, 1.165) is 16.8 Å². The molecule has 30 heavy (non-hydrogen) atoms. The molecule has 6 heteroatoms. The molecule has 2 N–H and O–H groups in total. The summed E-state index contributed by atoms with van der Waals surface area (Å²) < 4.78 is 5.17. The van der Waals surface area contributed by atoms with Gasteiger partial charge in [-0.25, -0.2) is 0 Å². The molecule has 3 aromatic carbocycles. The molecule has 0 aliphatic rings. The molecule has 4 aromatic rings. The molecule has 152 valence electrons. The summed E-state index contributed by atoms with van der Waals surface area (Å²) in [6, 6.07) is 18.4. The molecule has 0 aliphatic heterocycles. The van der Waals surface area contributed by atoms with E-state index in [1.807, 2.05) is 43.3 Å². The number of hydrogen-bond acceptors (Lipinski definition) is 4. The molecule has 0 aliphatic carbocycles. The molecule has 0 atom stereocenters. The van der Waals surface area contributed by atoms with Gasteiger partial charge in [-0.2, -0.15) is 0 Å². The van der Waals surface area contributed by atoms with Gasteiger partial charge in [-0.05, 0) is 47.5 Å². The first-order chi connectivity index (χ1) is 14.4. The van der Waals surface area contributed by atoms with Crippen molar-refractivity contribution in [3.8, 4) is 33.8 Å². The first kappa shape index (κ1) is 19.9. The van der Waals surface area contributed by atoms with Crippen molar-refractivity contribution in [2.24, 2.45) is 0 Å². The summed E-state index contributed by atoms with van der Waals surface area (Å²) in [6.07, 6.45) is 0. The second-order valence-electron chi connectivity index (χ2n) is 7.23. The molecule has 0 fully saturated rings. The molecule has 5 nitrogen and oxygen atoms in total. The number of pyridine rings is 1. The van der Waals surface area contributed by atoms with Crippen molar-refractivity contribution in [3.05, 3.63) is 76.0 Å². The van der Waals surface area contributed by atoms with E-state index >= 15 is 0 Å². The van der Waals surface area contributed by atoms with Gasteiger partial charge in [0.25, 0.3) is 5.56 Å². The second-order valence-corrected chi connectivity index (χ2v) is 7.63. The summed E-state index contributed by atoms with van der Waals surface area (Å²) in [5, 5.41) is 12.0. The highest BCUT2D eigenvalue weighted by atomic mass is 35.5. The monoisotopic (exact) mass is 420 g/mol. The van der Waals surface area contributed by atoms with Crippen LogP contribution in [0.15, 0.2) is 65.5 Å². The van der Waals surface area contributed by atoms with Crippen LogP contribution < -0.4 is 15.2 Å². The molecule has 0 radical (unpaired) electrons. The van der Waals surface area contributed by atoms with Gasteiger partial charge in [0.15, 0.2) is 0 Å². The standard InChI is InChI=1S/C24H21ClN2O3/c1-27(2)16-8-4-14(5-9-16)18-12-19-21(13-20(18)25)26-24(29)22(23(19)28)15-6-10-17(30-3)11-7-15/h4-13H,1-3H3,(H2,26,28,29). The van der Waals surface area contributed by atoms with Gasteiger partial charge in [0, 0.05) is 30.7 Å². The van der Waals surface area contributed by atoms with Gasteiger partial charge in [0.1, 0.15) is 11.5 Å². The molecular weight excluding hydrogens is 400 g/mol. The Bertz CT molecular complexity index is 1280. The maximum atomic E-state index is 12.7. The summed E-state index contributed by atoms with van der Waals surface area (Å²) in [6.45, 7) is 0. The van der Waals surface area contributed by atoms with Gasteiger partial charge < -0.3 is 19.7 Å². The third-order valence-electron chi connectivity index (χ3n) is 5.15. The fraction of sp³-hybridized carbons (Fsp3) is 0.125. The third kappa shape index (κ3) is 3.48. The van der Waals surface area contributed by atoms with E-state index in [4.69, 9.17) is 16.3 Å². The highest BCUT2D eigenvalue weighted by Crippen LogP contribution is 2.38. The van der Waals surface area contributed by atoms with Gasteiger partial charge in [-0.3, -0.25) is 4.79 Å². The molecule has 1 aromatic heterocycles. The maximum Gasteiger partial charge on any atom is 0.260 e. The van der Waals surface area contributed by atoms with Crippen LogP contribution in [0.4, 0.5) is 5.69 Å². The lowest BCUT2D eigenvalue weighted by Crippen LogP contribution is -2.09. The number of H-pyrrole nitrogens is 1. The van der Waals surface area contributed by atoms with Gasteiger partial charge >= 0.3 is 0 Å². The Labute approximate surface area is 179 Å². The summed E-state index contributed by atoms with van der Waals surface area (Å²) in [4.78, 5) is 17.5. The Morgan fingerprint density at radius 3 is 2.20 bits per heavy atom. The Hall–Kier alpha value is -3.44. The predicted molar refractivity (Wildman–Crippen MR) is 123 cm³/mol. The van der Waals surface area contributed by atoms with E-state index in [0.29, 0.717) is 27.2 Å².